The Labute approximate surface area is 167 Å². The summed E-state index contributed by atoms with van der Waals surface area (Å²) in [6, 6.07) is 25.4. The molecule has 0 bridgehead atoms. The molecule has 0 N–H and O–H groups in total. The van der Waals surface area contributed by atoms with Crippen LogP contribution in [-0.4, -0.2) is 0 Å². The lowest BCUT2D eigenvalue weighted by Gasteiger charge is -2.12. The Kier molecular flexibility index (Phi) is 6.25. The van der Waals surface area contributed by atoms with Crippen LogP contribution in [-0.2, 0) is 6.42 Å². The summed E-state index contributed by atoms with van der Waals surface area (Å²) in [6.07, 6.45) is 8.92. The third kappa shape index (κ3) is 4.67. The zero-order valence-corrected chi connectivity index (χ0v) is 16.2. The standard InChI is InChI=1S/C27H23F/c1-4-25(28)18-13-20(2)23-16-14-22(15-17-23)19-24-10-6-8-12-27(24)26-11-7-5-9-21(26)3/h1,5-18H,19H2,2-3H3/b20-13+,25-18+. The van der Waals surface area contributed by atoms with Gasteiger partial charge in [-0.2, -0.15) is 4.39 Å². The third-order valence-corrected chi connectivity index (χ3v) is 4.87. The second-order valence-corrected chi connectivity index (χ2v) is 6.85. The zero-order chi connectivity index (χ0) is 19.9. The fourth-order valence-corrected chi connectivity index (χ4v) is 3.26. The van der Waals surface area contributed by atoms with Crippen LogP contribution >= 0.6 is 0 Å². The number of hydrogen-bond donors (Lipinski definition) is 0. The van der Waals surface area contributed by atoms with Gasteiger partial charge in [0.2, 0.25) is 0 Å². The first-order chi connectivity index (χ1) is 13.6. The molecular weight excluding hydrogens is 343 g/mol. The summed E-state index contributed by atoms with van der Waals surface area (Å²) in [7, 11) is 0. The van der Waals surface area contributed by atoms with E-state index < -0.39 is 5.83 Å². The van der Waals surface area contributed by atoms with E-state index in [1.807, 2.05) is 12.8 Å². The van der Waals surface area contributed by atoms with Crippen molar-refractivity contribution in [3.05, 3.63) is 113 Å². The Morgan fingerprint density at radius 2 is 1.54 bits per heavy atom. The molecule has 0 saturated heterocycles. The molecule has 0 amide bonds. The van der Waals surface area contributed by atoms with E-state index in [-0.39, 0.29) is 0 Å². The molecule has 0 aromatic heterocycles. The first kappa shape index (κ1) is 19.4. The Morgan fingerprint density at radius 1 is 0.893 bits per heavy atom. The maximum absolute atomic E-state index is 13.1. The first-order valence-corrected chi connectivity index (χ1v) is 9.32. The molecule has 3 aromatic rings. The zero-order valence-electron chi connectivity index (χ0n) is 16.2. The average Bonchev–Trinajstić information content (AvgIpc) is 2.73. The summed E-state index contributed by atoms with van der Waals surface area (Å²) in [5.74, 6) is 1.41. The number of hydrogen-bond acceptors (Lipinski definition) is 0. The molecule has 0 unspecified atom stereocenters. The van der Waals surface area contributed by atoms with E-state index in [0.717, 1.165) is 17.6 Å². The molecule has 0 spiro atoms. The number of terminal acetylenes is 1. The summed E-state index contributed by atoms with van der Waals surface area (Å²) in [4.78, 5) is 0. The van der Waals surface area contributed by atoms with Gasteiger partial charge < -0.3 is 0 Å². The van der Waals surface area contributed by atoms with Crippen molar-refractivity contribution in [3.8, 4) is 23.5 Å². The molecule has 0 aliphatic carbocycles. The highest BCUT2D eigenvalue weighted by atomic mass is 19.1. The van der Waals surface area contributed by atoms with Gasteiger partial charge in [-0.15, -0.1) is 6.42 Å². The summed E-state index contributed by atoms with van der Waals surface area (Å²) >= 11 is 0. The van der Waals surface area contributed by atoms with Gasteiger partial charge in [-0.05, 0) is 71.2 Å². The van der Waals surface area contributed by atoms with Crippen LogP contribution in [0.2, 0.25) is 0 Å². The molecule has 3 aromatic carbocycles. The summed E-state index contributed by atoms with van der Waals surface area (Å²) in [6.45, 7) is 4.09. The monoisotopic (exact) mass is 366 g/mol. The molecule has 0 radical (unpaired) electrons. The van der Waals surface area contributed by atoms with Crippen LogP contribution in [0.25, 0.3) is 16.7 Å². The fourth-order valence-electron chi connectivity index (χ4n) is 3.26. The molecule has 3 rings (SSSR count). The Hall–Kier alpha value is -3.37. The normalized spacial score (nSPS) is 11.9. The van der Waals surface area contributed by atoms with Crippen molar-refractivity contribution in [1.82, 2.24) is 0 Å². The van der Waals surface area contributed by atoms with Gasteiger partial charge in [-0.25, -0.2) is 0 Å². The van der Waals surface area contributed by atoms with Crippen molar-refractivity contribution in [1.29, 1.82) is 0 Å². The summed E-state index contributed by atoms with van der Waals surface area (Å²) in [5.41, 5.74) is 8.39. The second kappa shape index (κ2) is 9.02. The van der Waals surface area contributed by atoms with Gasteiger partial charge in [0.1, 0.15) is 0 Å². The van der Waals surface area contributed by atoms with Gasteiger partial charge in [0.15, 0.2) is 5.83 Å². The molecular formula is C27H23F. The quantitative estimate of drug-likeness (QED) is 0.332. The van der Waals surface area contributed by atoms with Crippen molar-refractivity contribution in [3.63, 3.8) is 0 Å². The molecule has 0 atom stereocenters. The number of benzene rings is 3. The molecule has 28 heavy (non-hydrogen) atoms. The minimum atomic E-state index is -0.566. The molecule has 0 saturated carbocycles. The lowest BCUT2D eigenvalue weighted by molar-refractivity contribution is 0.676. The second-order valence-electron chi connectivity index (χ2n) is 6.85. The van der Waals surface area contributed by atoms with E-state index >= 15 is 0 Å². The maximum atomic E-state index is 13.1. The lowest BCUT2D eigenvalue weighted by atomic mass is 9.92. The largest absolute Gasteiger partial charge is 0.197 e. The Balaban J connectivity index is 1.85. The van der Waals surface area contributed by atoms with Crippen molar-refractivity contribution >= 4 is 5.57 Å². The lowest BCUT2D eigenvalue weighted by Crippen LogP contribution is -1.94. The SMILES string of the molecule is C#C/C(F)=C\C=C(/C)c1ccc(Cc2ccccc2-c2ccccc2C)cc1. The number of allylic oxidation sites excluding steroid dienone is 4. The van der Waals surface area contributed by atoms with Crippen LogP contribution < -0.4 is 0 Å². The number of halogens is 1. The van der Waals surface area contributed by atoms with E-state index in [4.69, 9.17) is 6.42 Å². The number of rotatable bonds is 5. The van der Waals surface area contributed by atoms with E-state index in [1.165, 1.54) is 33.9 Å². The molecule has 1 heteroatoms. The van der Waals surface area contributed by atoms with Crippen LogP contribution in [0.1, 0.15) is 29.2 Å². The fraction of sp³-hybridized carbons (Fsp3) is 0.111. The van der Waals surface area contributed by atoms with Crippen LogP contribution in [0.5, 0.6) is 0 Å². The van der Waals surface area contributed by atoms with Crippen LogP contribution in [0, 0.1) is 19.3 Å². The van der Waals surface area contributed by atoms with E-state index in [2.05, 4.69) is 79.7 Å². The molecule has 0 aliphatic rings. The van der Waals surface area contributed by atoms with E-state index in [9.17, 15) is 4.39 Å². The molecule has 0 aliphatic heterocycles. The van der Waals surface area contributed by atoms with Crippen LogP contribution in [0.3, 0.4) is 0 Å². The molecule has 0 heterocycles. The third-order valence-electron chi connectivity index (χ3n) is 4.87. The van der Waals surface area contributed by atoms with Gasteiger partial charge in [-0.3, -0.25) is 0 Å². The predicted molar refractivity (Wildman–Crippen MR) is 118 cm³/mol. The number of aryl methyl sites for hydroxylation is 1. The van der Waals surface area contributed by atoms with Crippen molar-refractivity contribution < 1.29 is 4.39 Å². The predicted octanol–water partition coefficient (Wildman–Crippen LogP) is 7.14. The van der Waals surface area contributed by atoms with Gasteiger partial charge in [0, 0.05) is 0 Å². The summed E-state index contributed by atoms with van der Waals surface area (Å²) < 4.78 is 13.1. The average molecular weight is 366 g/mol. The van der Waals surface area contributed by atoms with Gasteiger partial charge in [-0.1, -0.05) is 78.9 Å². The minimum absolute atomic E-state index is 0.566. The Morgan fingerprint density at radius 3 is 2.21 bits per heavy atom. The van der Waals surface area contributed by atoms with Crippen molar-refractivity contribution in [2.24, 2.45) is 0 Å². The van der Waals surface area contributed by atoms with Gasteiger partial charge in [0.05, 0.1) is 0 Å². The smallest absolute Gasteiger partial charge is 0.172 e. The maximum Gasteiger partial charge on any atom is 0.172 e. The van der Waals surface area contributed by atoms with Gasteiger partial charge in [0.25, 0.3) is 0 Å². The highest BCUT2D eigenvalue weighted by molar-refractivity contribution is 5.71. The Bertz CT molecular complexity index is 1060. The molecule has 138 valence electrons. The van der Waals surface area contributed by atoms with E-state index in [1.54, 1.807) is 6.08 Å². The molecule has 0 fully saturated rings. The highest BCUT2D eigenvalue weighted by Gasteiger charge is 2.08. The van der Waals surface area contributed by atoms with Crippen LogP contribution in [0.4, 0.5) is 4.39 Å². The van der Waals surface area contributed by atoms with Crippen molar-refractivity contribution in [2.75, 3.05) is 0 Å². The van der Waals surface area contributed by atoms with Crippen LogP contribution in [0.15, 0.2) is 90.8 Å². The topological polar surface area (TPSA) is 0 Å². The summed E-state index contributed by atoms with van der Waals surface area (Å²) in [5, 5.41) is 0. The molecule has 0 nitrogen and oxygen atoms in total. The highest BCUT2D eigenvalue weighted by Crippen LogP contribution is 2.28. The minimum Gasteiger partial charge on any atom is -0.197 e. The first-order valence-electron chi connectivity index (χ1n) is 9.32. The van der Waals surface area contributed by atoms with Gasteiger partial charge >= 0.3 is 0 Å². The van der Waals surface area contributed by atoms with E-state index in [0.29, 0.717) is 0 Å². The van der Waals surface area contributed by atoms with Crippen molar-refractivity contribution in [2.45, 2.75) is 20.3 Å².